The van der Waals surface area contributed by atoms with Gasteiger partial charge in [0.1, 0.15) is 0 Å². The number of rotatable bonds is 1. The molecule has 0 N–H and O–H groups in total. The maximum absolute atomic E-state index is 11.6. The Balaban J connectivity index is 3.25. The van der Waals surface area contributed by atoms with Crippen LogP contribution < -0.4 is 0 Å². The minimum atomic E-state index is -0.365. The summed E-state index contributed by atoms with van der Waals surface area (Å²) in [6.45, 7) is 0. The van der Waals surface area contributed by atoms with Crippen LogP contribution in [0.3, 0.4) is 0 Å². The highest BCUT2D eigenvalue weighted by molar-refractivity contribution is 5.88. The number of carbonyl (C=O) groups is 1. The Morgan fingerprint density at radius 3 is 1.14 bits per heavy atom. The van der Waals surface area contributed by atoms with Gasteiger partial charge < -0.3 is 4.74 Å². The zero-order valence-corrected chi connectivity index (χ0v) is 12.6. The average Bonchev–Trinajstić information content (AvgIpc) is 2.54. The number of methoxy groups -OCH3 is 1. The van der Waals surface area contributed by atoms with Gasteiger partial charge in [-0.1, -0.05) is 91.0 Å². The van der Waals surface area contributed by atoms with Crippen LogP contribution in [0.1, 0.15) is 10.4 Å². The van der Waals surface area contributed by atoms with E-state index in [0.29, 0.717) is 5.56 Å². The summed E-state index contributed by atoms with van der Waals surface area (Å²) in [6, 6.07) is 32.0. The molecule has 0 saturated heterocycles. The fraction of sp³-hybridized carbons (Fsp3) is 0.0500. The van der Waals surface area contributed by atoms with Gasteiger partial charge in [-0.2, -0.15) is 0 Å². The molecule has 22 heavy (non-hydrogen) atoms. The van der Waals surface area contributed by atoms with Crippen molar-refractivity contribution in [3.05, 3.63) is 109 Å². The van der Waals surface area contributed by atoms with Gasteiger partial charge in [-0.3, -0.25) is 0 Å². The zero-order valence-electron chi connectivity index (χ0n) is 12.6. The van der Waals surface area contributed by atoms with E-state index in [-0.39, 0.29) is 5.97 Å². The third kappa shape index (κ3) is 8.33. The smallest absolute Gasteiger partial charge is 0.337 e. The Bertz CT molecular complexity index is 589. The van der Waals surface area contributed by atoms with E-state index in [2.05, 4.69) is 0 Å². The van der Waals surface area contributed by atoms with Crippen LogP contribution in [-0.2, 0) is 4.74 Å². The molecule has 2 heteroatoms. The van der Waals surface area contributed by atoms with E-state index in [0.717, 1.165) is 0 Å². The van der Waals surface area contributed by atoms with Crippen molar-refractivity contribution < 1.29 is 9.53 Å². The molecule has 0 radical (unpaired) electrons. The van der Waals surface area contributed by atoms with E-state index in [9.17, 15) is 4.79 Å². The van der Waals surface area contributed by atoms with Crippen molar-refractivity contribution in [3.63, 3.8) is 0 Å². The molecule has 1 rings (SSSR count). The van der Waals surface area contributed by atoms with Gasteiger partial charge in [-0.15, -0.1) is 0 Å². The van der Waals surface area contributed by atoms with Gasteiger partial charge in [-0.05, 0) is 12.1 Å². The van der Waals surface area contributed by atoms with Crippen molar-refractivity contribution in [3.8, 4) is 0 Å². The Hall–Kier alpha value is -2.87. The summed E-state index contributed by atoms with van der Waals surface area (Å²) in [4.78, 5) is 11.6. The number of hydrogen-bond acceptors (Lipinski definition) is 2. The van der Waals surface area contributed by atoms with Gasteiger partial charge in [0.2, 0.25) is 0 Å². The fourth-order valence-corrected chi connectivity index (χ4v) is 1.46. The molecule has 0 bridgehead atoms. The van der Waals surface area contributed by atoms with E-state index < -0.39 is 0 Å². The third-order valence-corrected chi connectivity index (χ3v) is 2.53. The first-order chi connectivity index (χ1) is 10.8. The van der Waals surface area contributed by atoms with Crippen molar-refractivity contribution in [1.82, 2.24) is 0 Å². The van der Waals surface area contributed by atoms with Crippen LogP contribution >= 0.6 is 0 Å². The van der Waals surface area contributed by atoms with Crippen molar-refractivity contribution >= 4 is 5.97 Å². The number of ether oxygens (including phenoxy) is 1. The lowest BCUT2D eigenvalue weighted by atomic mass is 10.2. The van der Waals surface area contributed by atoms with Crippen LogP contribution in [0.15, 0.2) is 103 Å². The quantitative estimate of drug-likeness (QED) is 0.692. The van der Waals surface area contributed by atoms with E-state index >= 15 is 0 Å². The first-order valence-electron chi connectivity index (χ1n) is 6.98. The molecule has 1 aromatic carbocycles. The van der Waals surface area contributed by atoms with E-state index in [4.69, 9.17) is 4.74 Å². The summed E-state index contributed by atoms with van der Waals surface area (Å²) in [5.74, 6) is -0.365. The van der Waals surface area contributed by atoms with E-state index in [1.807, 2.05) is 78.9 Å². The topological polar surface area (TPSA) is 26.3 Å². The summed E-state index contributed by atoms with van der Waals surface area (Å²) in [6.07, 6.45) is 0. The molecule has 112 valence electrons. The molecule has 0 atom stereocenters. The molecule has 0 unspecified atom stereocenters. The molecule has 0 amide bonds. The van der Waals surface area contributed by atoms with Crippen molar-refractivity contribution in [2.75, 3.05) is 7.11 Å². The van der Waals surface area contributed by atoms with E-state index in [1.54, 1.807) is 24.3 Å². The monoisotopic (exact) mass is 292 g/mol. The summed E-state index contributed by atoms with van der Waals surface area (Å²) >= 11 is 0. The third-order valence-electron chi connectivity index (χ3n) is 2.53. The first kappa shape index (κ1) is 17.2. The highest BCUT2D eigenvalue weighted by atomic mass is 16.5. The van der Waals surface area contributed by atoms with Gasteiger partial charge in [0.05, 0.1) is 12.7 Å². The summed E-state index contributed by atoms with van der Waals surface area (Å²) < 4.78 is 4.75. The van der Waals surface area contributed by atoms with Gasteiger partial charge in [0, 0.05) is 0 Å². The lowest BCUT2D eigenvalue weighted by Crippen LogP contribution is -1.98. The Morgan fingerprint density at radius 2 is 0.864 bits per heavy atom. The Kier molecular flexibility index (Phi) is 9.31. The van der Waals surface area contributed by atoms with Crippen LogP contribution in [0.5, 0.6) is 0 Å². The minimum Gasteiger partial charge on any atom is -0.465 e. The maximum Gasteiger partial charge on any atom is 0.337 e. The van der Waals surface area contributed by atoms with Gasteiger partial charge >= 0.3 is 5.97 Å². The van der Waals surface area contributed by atoms with Crippen LogP contribution in [0.25, 0.3) is 0 Å². The van der Waals surface area contributed by atoms with Gasteiger partial charge in [-0.25, -0.2) is 4.79 Å². The Morgan fingerprint density at radius 1 is 0.591 bits per heavy atom. The molecule has 0 spiro atoms. The largest absolute Gasteiger partial charge is 0.465 e. The molecule has 0 aliphatic carbocycles. The normalized spacial score (nSPS) is 8.41. The zero-order chi connectivity index (χ0) is 15.9. The molecule has 0 aliphatic rings. The standard InChI is InChI=1S/C20H20O2/c1-22-20(21)19-17-15-13-11-9-7-5-3-2-4-6-8-10-12-14-16-18-19/h2-18H,1H3. The lowest BCUT2D eigenvalue weighted by Gasteiger charge is -1.93. The minimum absolute atomic E-state index is 0.365. The second-order valence-electron chi connectivity index (χ2n) is 4.17. The van der Waals surface area contributed by atoms with Gasteiger partial charge in [0.15, 0.2) is 0 Å². The molecule has 0 saturated carbocycles. The SMILES string of the molecule is COC(=O)c1ccccccccccccccccc1. The molecule has 2 nitrogen and oxygen atoms in total. The van der Waals surface area contributed by atoms with Gasteiger partial charge in [0.25, 0.3) is 0 Å². The predicted molar refractivity (Wildman–Crippen MR) is 90.7 cm³/mol. The van der Waals surface area contributed by atoms with Crippen LogP contribution in [0, 0.1) is 0 Å². The fourth-order valence-electron chi connectivity index (χ4n) is 1.46. The molecular formula is C20H20O2. The maximum atomic E-state index is 11.6. The number of hydrogen-bond donors (Lipinski definition) is 0. The lowest BCUT2D eigenvalue weighted by molar-refractivity contribution is 0.0601. The van der Waals surface area contributed by atoms with Crippen molar-refractivity contribution in [2.24, 2.45) is 0 Å². The average molecular weight is 292 g/mol. The molecule has 0 fully saturated rings. The molecule has 0 heterocycles. The number of esters is 1. The van der Waals surface area contributed by atoms with Crippen LogP contribution in [0.4, 0.5) is 0 Å². The van der Waals surface area contributed by atoms with E-state index in [1.165, 1.54) is 7.11 Å². The highest BCUT2D eigenvalue weighted by Gasteiger charge is 1.99. The molecular weight excluding hydrogens is 272 g/mol. The first-order valence-corrected chi connectivity index (χ1v) is 6.98. The second kappa shape index (κ2) is 11.9. The molecule has 1 aromatic rings. The number of carbonyl (C=O) groups excluding carboxylic acids is 1. The second-order valence-corrected chi connectivity index (χ2v) is 4.17. The van der Waals surface area contributed by atoms with Crippen LogP contribution in [0.2, 0.25) is 0 Å². The highest BCUT2D eigenvalue weighted by Crippen LogP contribution is 1.96. The predicted octanol–water partition coefficient (Wildman–Crippen LogP) is 4.85. The van der Waals surface area contributed by atoms with Crippen molar-refractivity contribution in [2.45, 2.75) is 0 Å². The van der Waals surface area contributed by atoms with Crippen molar-refractivity contribution in [1.29, 1.82) is 0 Å². The summed E-state index contributed by atoms with van der Waals surface area (Å²) in [7, 11) is 1.37. The molecule has 0 aliphatic heterocycles. The van der Waals surface area contributed by atoms with Crippen LogP contribution in [-0.4, -0.2) is 13.1 Å². The summed E-state index contributed by atoms with van der Waals surface area (Å²) in [5.41, 5.74) is 0.486. The Labute approximate surface area is 132 Å². The summed E-state index contributed by atoms with van der Waals surface area (Å²) in [5, 5.41) is 0. The molecule has 0 aromatic heterocycles.